The highest BCUT2D eigenvalue weighted by atomic mass is 35.5. The molecule has 3 aromatic carbocycles. The lowest BCUT2D eigenvalue weighted by Crippen LogP contribution is -2.51. The minimum Gasteiger partial charge on any atom is -0.324 e. The predicted octanol–water partition coefficient (Wildman–Crippen LogP) is 8.22. The van der Waals surface area contributed by atoms with Crippen LogP contribution in [0, 0.1) is 23.2 Å². The summed E-state index contributed by atoms with van der Waals surface area (Å²) in [4.78, 5) is 17.9. The molecule has 3 fully saturated rings. The number of nitrogens with one attached hydrogen (secondary N) is 1. The van der Waals surface area contributed by atoms with Crippen molar-refractivity contribution in [3.63, 3.8) is 0 Å². The minimum atomic E-state index is -0.113. The van der Waals surface area contributed by atoms with Crippen LogP contribution >= 0.6 is 23.2 Å². The van der Waals surface area contributed by atoms with Gasteiger partial charge in [-0.25, -0.2) is 4.79 Å². The zero-order valence-corrected chi connectivity index (χ0v) is 24.8. The maximum Gasteiger partial charge on any atom is 0.321 e. The molecule has 7 heteroatoms. The van der Waals surface area contributed by atoms with E-state index < -0.39 is 0 Å². The summed E-state index contributed by atoms with van der Waals surface area (Å²) < 4.78 is 0. The van der Waals surface area contributed by atoms with Crippen molar-refractivity contribution in [3.05, 3.63) is 87.9 Å². The first-order valence-corrected chi connectivity index (χ1v) is 15.5. The Labute approximate surface area is 253 Å². The quantitative estimate of drug-likeness (QED) is 0.275. The highest BCUT2D eigenvalue weighted by molar-refractivity contribution is 6.35. The summed E-state index contributed by atoms with van der Waals surface area (Å²) in [6.07, 6.45) is 7.23. The van der Waals surface area contributed by atoms with E-state index in [-0.39, 0.29) is 11.4 Å². The van der Waals surface area contributed by atoms with E-state index in [1.807, 2.05) is 23.1 Å². The molecule has 3 aliphatic rings. The zero-order valence-electron chi connectivity index (χ0n) is 23.3. The van der Waals surface area contributed by atoms with Crippen LogP contribution in [0.1, 0.15) is 49.7 Å². The summed E-state index contributed by atoms with van der Waals surface area (Å²) >= 11 is 12.3. The van der Waals surface area contributed by atoms with E-state index in [2.05, 4.69) is 46.6 Å². The van der Waals surface area contributed by atoms with Crippen LogP contribution in [-0.2, 0) is 5.41 Å². The second-order valence-corrected chi connectivity index (χ2v) is 13.1. The number of anilines is 1. The fourth-order valence-electron chi connectivity index (χ4n) is 6.25. The number of carbonyl (C=O) groups excluding carboxylic acids is 1. The Kier molecular flexibility index (Phi) is 8.26. The summed E-state index contributed by atoms with van der Waals surface area (Å²) in [5.74, 6) is 1.69. The van der Waals surface area contributed by atoms with Crippen molar-refractivity contribution < 1.29 is 4.79 Å². The number of amides is 2. The minimum absolute atomic E-state index is 0.0209. The van der Waals surface area contributed by atoms with Crippen LogP contribution in [0.2, 0.25) is 10.0 Å². The van der Waals surface area contributed by atoms with Crippen molar-refractivity contribution in [2.75, 3.05) is 38.0 Å². The first kappa shape index (κ1) is 28.1. The molecule has 1 aliphatic heterocycles. The van der Waals surface area contributed by atoms with Crippen molar-refractivity contribution in [3.8, 4) is 17.2 Å². The number of likely N-dealkylation sites (tertiary alicyclic amines) is 1. The largest absolute Gasteiger partial charge is 0.324 e. The molecule has 3 aromatic rings. The number of nitriles is 1. The highest BCUT2D eigenvalue weighted by Crippen LogP contribution is 2.41. The summed E-state index contributed by atoms with van der Waals surface area (Å²) in [5, 5.41) is 13.3. The van der Waals surface area contributed by atoms with E-state index in [1.54, 1.807) is 18.2 Å². The molecule has 1 N–H and O–H groups in total. The van der Waals surface area contributed by atoms with Gasteiger partial charge in [0.25, 0.3) is 0 Å². The normalized spacial score (nSPS) is 18.2. The van der Waals surface area contributed by atoms with Gasteiger partial charge in [0, 0.05) is 53.9 Å². The first-order chi connectivity index (χ1) is 19.9. The van der Waals surface area contributed by atoms with E-state index in [1.165, 1.54) is 44.3 Å². The van der Waals surface area contributed by atoms with Crippen LogP contribution in [0.4, 0.5) is 10.5 Å². The van der Waals surface area contributed by atoms with Gasteiger partial charge in [0.05, 0.1) is 11.6 Å². The molecular formula is C34H36Cl2N4O. The lowest BCUT2D eigenvalue weighted by Gasteiger charge is -2.45. The van der Waals surface area contributed by atoms with E-state index in [9.17, 15) is 10.1 Å². The molecule has 212 valence electrons. The van der Waals surface area contributed by atoms with Gasteiger partial charge in [-0.15, -0.1) is 0 Å². The zero-order chi connectivity index (χ0) is 28.4. The van der Waals surface area contributed by atoms with Crippen LogP contribution in [0.5, 0.6) is 0 Å². The Morgan fingerprint density at radius 1 is 0.902 bits per heavy atom. The Balaban J connectivity index is 1.22. The SMILES string of the molecule is N#Cc1cccc(-c2ccc(C3(CN(CC4CC4)CC4CC4)CCN(C(=O)Nc4cc(Cl)cc(Cl)c4)CC3)cc2)c1. The molecular weight excluding hydrogens is 551 g/mol. The number of hydrogen-bond donors (Lipinski definition) is 1. The van der Waals surface area contributed by atoms with Crippen molar-refractivity contribution in [1.82, 2.24) is 9.80 Å². The number of hydrogen-bond acceptors (Lipinski definition) is 3. The third-order valence-corrected chi connectivity index (χ3v) is 9.33. The number of urea groups is 1. The molecule has 0 spiro atoms. The number of halogens is 2. The molecule has 0 radical (unpaired) electrons. The van der Waals surface area contributed by atoms with Crippen LogP contribution in [0.25, 0.3) is 11.1 Å². The maximum absolute atomic E-state index is 13.2. The third-order valence-electron chi connectivity index (χ3n) is 8.90. The molecule has 0 atom stereocenters. The van der Waals surface area contributed by atoms with Crippen LogP contribution in [0.15, 0.2) is 66.7 Å². The third kappa shape index (κ3) is 7.07. The summed E-state index contributed by atoms with van der Waals surface area (Å²) in [7, 11) is 0. The number of piperidine rings is 1. The van der Waals surface area contributed by atoms with Gasteiger partial charge in [0.1, 0.15) is 0 Å². The van der Waals surface area contributed by atoms with Gasteiger partial charge in [-0.3, -0.25) is 0 Å². The average Bonchev–Trinajstić information content (AvgIpc) is 3.91. The number of rotatable bonds is 9. The van der Waals surface area contributed by atoms with Gasteiger partial charge in [-0.2, -0.15) is 5.26 Å². The molecule has 2 saturated carbocycles. The molecule has 41 heavy (non-hydrogen) atoms. The summed E-state index contributed by atoms with van der Waals surface area (Å²) in [6.45, 7) is 4.79. The summed E-state index contributed by atoms with van der Waals surface area (Å²) in [6, 6.07) is 24.0. The fourth-order valence-corrected chi connectivity index (χ4v) is 6.78. The van der Waals surface area contributed by atoms with Crippen LogP contribution < -0.4 is 5.32 Å². The van der Waals surface area contributed by atoms with Crippen molar-refractivity contribution in [2.45, 2.75) is 43.9 Å². The first-order valence-electron chi connectivity index (χ1n) is 14.7. The molecule has 2 amide bonds. The van der Waals surface area contributed by atoms with Crippen molar-refractivity contribution in [2.24, 2.45) is 11.8 Å². The lowest BCUT2D eigenvalue weighted by atomic mass is 9.72. The van der Waals surface area contributed by atoms with Crippen molar-refractivity contribution in [1.29, 1.82) is 5.26 Å². The van der Waals surface area contributed by atoms with Gasteiger partial charge >= 0.3 is 6.03 Å². The van der Waals surface area contributed by atoms with Gasteiger partial charge in [0.15, 0.2) is 0 Å². The van der Waals surface area contributed by atoms with E-state index >= 15 is 0 Å². The Morgan fingerprint density at radius 2 is 1.54 bits per heavy atom. The molecule has 2 aliphatic carbocycles. The Bertz CT molecular complexity index is 1400. The van der Waals surface area contributed by atoms with E-state index in [0.717, 1.165) is 42.3 Å². The van der Waals surface area contributed by atoms with Crippen LogP contribution in [-0.4, -0.2) is 48.6 Å². The smallest absolute Gasteiger partial charge is 0.321 e. The molecule has 1 heterocycles. The predicted molar refractivity (Wildman–Crippen MR) is 166 cm³/mol. The number of carbonyl (C=O) groups is 1. The van der Waals surface area contributed by atoms with Gasteiger partial charge < -0.3 is 15.1 Å². The number of benzene rings is 3. The topological polar surface area (TPSA) is 59.4 Å². The molecule has 0 aromatic heterocycles. The standard InChI is InChI=1S/C34H36Cl2N4O/c35-30-17-31(36)19-32(18-30)38-33(41)40-14-12-34(13-15-40,23-39(21-24-4-5-24)22-25-6-7-25)29-10-8-27(9-11-29)28-3-1-2-26(16-28)20-37/h1-3,8-11,16-19,24-25H,4-7,12-15,21-23H2,(H,38,41). The lowest BCUT2D eigenvalue weighted by molar-refractivity contribution is 0.123. The molecule has 0 unspecified atom stereocenters. The average molecular weight is 588 g/mol. The number of nitrogens with zero attached hydrogens (tertiary/aromatic N) is 3. The summed E-state index contributed by atoms with van der Waals surface area (Å²) in [5.41, 5.74) is 4.78. The van der Waals surface area contributed by atoms with E-state index in [4.69, 9.17) is 23.2 Å². The fraction of sp³-hybridized carbons (Fsp3) is 0.412. The van der Waals surface area contributed by atoms with Crippen molar-refractivity contribution >= 4 is 34.9 Å². The van der Waals surface area contributed by atoms with E-state index in [0.29, 0.717) is 34.4 Å². The van der Waals surface area contributed by atoms with Gasteiger partial charge in [-0.05, 0) is 97.4 Å². The highest BCUT2D eigenvalue weighted by Gasteiger charge is 2.41. The van der Waals surface area contributed by atoms with Gasteiger partial charge in [-0.1, -0.05) is 59.6 Å². The van der Waals surface area contributed by atoms with Crippen LogP contribution in [0.3, 0.4) is 0 Å². The monoisotopic (exact) mass is 586 g/mol. The molecule has 1 saturated heterocycles. The molecule has 6 rings (SSSR count). The Morgan fingerprint density at radius 3 is 2.12 bits per heavy atom. The van der Waals surface area contributed by atoms with Gasteiger partial charge in [0.2, 0.25) is 0 Å². The second kappa shape index (κ2) is 12.1. The molecule has 5 nitrogen and oxygen atoms in total. The Hall–Kier alpha value is -3.04. The maximum atomic E-state index is 13.2. The second-order valence-electron chi connectivity index (χ2n) is 12.2. The molecule has 0 bridgehead atoms.